The lowest BCUT2D eigenvalue weighted by atomic mass is 9.94. The Morgan fingerprint density at radius 2 is 1.81 bits per heavy atom. The fourth-order valence-electron chi connectivity index (χ4n) is 2.96. The first-order chi connectivity index (χ1) is 12.6. The van der Waals surface area contributed by atoms with Gasteiger partial charge in [0.2, 0.25) is 0 Å². The van der Waals surface area contributed by atoms with E-state index >= 15 is 0 Å². The Labute approximate surface area is 152 Å². The summed E-state index contributed by atoms with van der Waals surface area (Å²) in [5.74, 6) is -2.33. The predicted octanol–water partition coefficient (Wildman–Crippen LogP) is 4.42. The molecule has 1 aromatic carbocycles. The smallest absolute Gasteiger partial charge is 0.416 e. The van der Waals surface area contributed by atoms with Gasteiger partial charge in [0.15, 0.2) is 11.5 Å². The van der Waals surface area contributed by atoms with E-state index in [1.165, 1.54) is 12.3 Å². The number of halogens is 3. The first kappa shape index (κ1) is 18.8. The highest BCUT2D eigenvalue weighted by Crippen LogP contribution is 2.42. The summed E-state index contributed by atoms with van der Waals surface area (Å²) in [6.07, 6.45) is -3.18. The molecule has 0 bridgehead atoms. The van der Waals surface area contributed by atoms with E-state index in [9.17, 15) is 27.9 Å². The number of Topliss-reactive ketones (excluding diaryl/α,β-unsaturated/α-hetero) is 1. The minimum absolute atomic E-state index is 0.104. The van der Waals surface area contributed by atoms with Gasteiger partial charge in [-0.15, -0.1) is 0 Å². The second-order valence-electron chi connectivity index (χ2n) is 6.42. The van der Waals surface area contributed by atoms with Gasteiger partial charge < -0.3 is 9.52 Å². The third kappa shape index (κ3) is 3.22. The van der Waals surface area contributed by atoms with Crippen molar-refractivity contribution in [3.05, 3.63) is 65.3 Å². The van der Waals surface area contributed by atoms with Crippen LogP contribution >= 0.6 is 0 Å². The molecule has 0 saturated carbocycles. The zero-order valence-corrected chi connectivity index (χ0v) is 14.4. The van der Waals surface area contributed by atoms with Crippen LogP contribution in [0.5, 0.6) is 0 Å². The highest BCUT2D eigenvalue weighted by atomic mass is 19.4. The van der Waals surface area contributed by atoms with Crippen LogP contribution in [0.25, 0.3) is 0 Å². The van der Waals surface area contributed by atoms with E-state index in [4.69, 9.17) is 4.42 Å². The van der Waals surface area contributed by atoms with Crippen LogP contribution in [0.2, 0.25) is 0 Å². The standard InChI is InChI=1S/C19H16F3NO4/c1-10(2)16(24)14-15(13-4-3-9-27-13)23(18(26)17(14)25)12-7-5-11(6-8-12)19(20,21)22/h3-10,15,25H,1-2H3. The van der Waals surface area contributed by atoms with Gasteiger partial charge >= 0.3 is 6.18 Å². The second kappa shape index (κ2) is 6.61. The maximum atomic E-state index is 12.8. The number of furan rings is 1. The van der Waals surface area contributed by atoms with E-state index in [-0.39, 0.29) is 17.0 Å². The fourth-order valence-corrected chi connectivity index (χ4v) is 2.96. The van der Waals surface area contributed by atoms with Crippen molar-refractivity contribution in [2.24, 2.45) is 5.92 Å². The third-order valence-corrected chi connectivity index (χ3v) is 4.28. The SMILES string of the molecule is CC(C)C(=O)C1=C(O)C(=O)N(c2ccc(C(F)(F)F)cc2)C1c1ccco1. The Bertz CT molecular complexity index is 896. The van der Waals surface area contributed by atoms with Crippen LogP contribution in [0.15, 0.2) is 58.4 Å². The molecule has 5 nitrogen and oxygen atoms in total. The van der Waals surface area contributed by atoms with Gasteiger partial charge in [-0.05, 0) is 36.4 Å². The lowest BCUT2D eigenvalue weighted by molar-refractivity contribution is -0.137. The molecule has 1 unspecified atom stereocenters. The molecule has 27 heavy (non-hydrogen) atoms. The molecule has 0 radical (unpaired) electrons. The summed E-state index contributed by atoms with van der Waals surface area (Å²) in [6.45, 7) is 3.24. The zero-order chi connectivity index (χ0) is 19.9. The lowest BCUT2D eigenvalue weighted by Crippen LogP contribution is -2.31. The number of benzene rings is 1. The van der Waals surface area contributed by atoms with Crippen LogP contribution in [0.1, 0.15) is 31.2 Å². The van der Waals surface area contributed by atoms with Gasteiger partial charge in [0.1, 0.15) is 11.8 Å². The summed E-state index contributed by atoms with van der Waals surface area (Å²) < 4.78 is 43.7. The summed E-state index contributed by atoms with van der Waals surface area (Å²) in [5, 5.41) is 10.3. The van der Waals surface area contributed by atoms with Gasteiger partial charge in [-0.3, -0.25) is 14.5 Å². The van der Waals surface area contributed by atoms with Crippen molar-refractivity contribution in [1.29, 1.82) is 0 Å². The predicted molar refractivity (Wildman–Crippen MR) is 89.9 cm³/mol. The van der Waals surface area contributed by atoms with Gasteiger partial charge in [0.25, 0.3) is 5.91 Å². The van der Waals surface area contributed by atoms with Crippen molar-refractivity contribution in [3.63, 3.8) is 0 Å². The average Bonchev–Trinajstić information content (AvgIpc) is 3.21. The summed E-state index contributed by atoms with van der Waals surface area (Å²) in [4.78, 5) is 26.3. The number of ketones is 1. The number of hydrogen-bond donors (Lipinski definition) is 1. The van der Waals surface area contributed by atoms with Crippen LogP contribution in [0.3, 0.4) is 0 Å². The molecule has 2 heterocycles. The van der Waals surface area contributed by atoms with Gasteiger partial charge in [-0.25, -0.2) is 0 Å². The molecule has 1 aromatic heterocycles. The van der Waals surface area contributed by atoms with Crippen molar-refractivity contribution >= 4 is 17.4 Å². The van der Waals surface area contributed by atoms with Crippen molar-refractivity contribution in [2.45, 2.75) is 26.1 Å². The first-order valence-corrected chi connectivity index (χ1v) is 8.14. The van der Waals surface area contributed by atoms with Crippen molar-refractivity contribution in [3.8, 4) is 0 Å². The average molecular weight is 379 g/mol. The Morgan fingerprint density at radius 3 is 2.30 bits per heavy atom. The molecule has 2 aromatic rings. The van der Waals surface area contributed by atoms with E-state index in [2.05, 4.69) is 0 Å². The number of anilines is 1. The molecule has 1 aliphatic heterocycles. The monoisotopic (exact) mass is 379 g/mol. The molecule has 0 fully saturated rings. The maximum Gasteiger partial charge on any atom is 0.416 e. The number of nitrogens with zero attached hydrogens (tertiary/aromatic N) is 1. The van der Waals surface area contributed by atoms with Gasteiger partial charge in [0, 0.05) is 11.6 Å². The normalized spacial score (nSPS) is 17.9. The van der Waals surface area contributed by atoms with Gasteiger partial charge in [-0.2, -0.15) is 13.2 Å². The Balaban J connectivity index is 2.10. The molecule has 0 saturated heterocycles. The second-order valence-corrected chi connectivity index (χ2v) is 6.42. The minimum atomic E-state index is -4.52. The largest absolute Gasteiger partial charge is 0.503 e. The molecule has 3 rings (SSSR count). The molecular formula is C19H16F3NO4. The van der Waals surface area contributed by atoms with Crippen molar-refractivity contribution in [2.75, 3.05) is 4.90 Å². The van der Waals surface area contributed by atoms with Crippen LogP contribution in [-0.2, 0) is 15.8 Å². The van der Waals surface area contributed by atoms with E-state index in [1.807, 2.05) is 0 Å². The maximum absolute atomic E-state index is 12.8. The highest BCUT2D eigenvalue weighted by molar-refractivity contribution is 6.16. The third-order valence-electron chi connectivity index (χ3n) is 4.28. The molecule has 1 atom stereocenters. The number of aliphatic hydroxyl groups is 1. The number of carbonyl (C=O) groups excluding carboxylic acids is 2. The number of rotatable bonds is 4. The Morgan fingerprint density at radius 1 is 1.19 bits per heavy atom. The molecule has 142 valence electrons. The Kier molecular flexibility index (Phi) is 4.59. The molecule has 0 aliphatic carbocycles. The summed E-state index contributed by atoms with van der Waals surface area (Å²) in [6, 6.07) is 5.93. The summed E-state index contributed by atoms with van der Waals surface area (Å²) >= 11 is 0. The van der Waals surface area contributed by atoms with Crippen LogP contribution in [-0.4, -0.2) is 16.8 Å². The first-order valence-electron chi connectivity index (χ1n) is 8.14. The van der Waals surface area contributed by atoms with Crippen LogP contribution < -0.4 is 4.90 Å². The van der Waals surface area contributed by atoms with Crippen molar-refractivity contribution in [1.82, 2.24) is 0 Å². The van der Waals surface area contributed by atoms with Crippen LogP contribution in [0, 0.1) is 5.92 Å². The molecule has 1 N–H and O–H groups in total. The van der Waals surface area contributed by atoms with E-state index < -0.39 is 41.1 Å². The quantitative estimate of drug-likeness (QED) is 0.854. The molecule has 1 aliphatic rings. The van der Waals surface area contributed by atoms with E-state index in [0.29, 0.717) is 0 Å². The van der Waals surface area contributed by atoms with E-state index in [0.717, 1.165) is 29.2 Å². The number of alkyl halides is 3. The summed E-state index contributed by atoms with van der Waals surface area (Å²) in [7, 11) is 0. The van der Waals surface area contributed by atoms with Gasteiger partial charge in [-0.1, -0.05) is 13.8 Å². The Hall–Kier alpha value is -3.03. The lowest BCUT2D eigenvalue weighted by Gasteiger charge is -2.25. The summed E-state index contributed by atoms with van der Waals surface area (Å²) in [5.41, 5.74) is -0.902. The number of hydrogen-bond acceptors (Lipinski definition) is 4. The molecular weight excluding hydrogens is 363 g/mol. The number of amides is 1. The highest BCUT2D eigenvalue weighted by Gasteiger charge is 2.46. The number of carbonyl (C=O) groups is 2. The van der Waals surface area contributed by atoms with Crippen LogP contribution in [0.4, 0.5) is 18.9 Å². The van der Waals surface area contributed by atoms with E-state index in [1.54, 1.807) is 19.9 Å². The molecule has 8 heteroatoms. The molecule has 0 spiro atoms. The zero-order valence-electron chi connectivity index (χ0n) is 14.4. The number of aliphatic hydroxyl groups excluding tert-OH is 1. The van der Waals surface area contributed by atoms with Crippen molar-refractivity contribution < 1.29 is 32.3 Å². The minimum Gasteiger partial charge on any atom is -0.503 e. The fraction of sp³-hybridized carbons (Fsp3) is 0.263. The topological polar surface area (TPSA) is 70.8 Å². The molecule has 1 amide bonds. The van der Waals surface area contributed by atoms with Gasteiger partial charge in [0.05, 0.1) is 17.4 Å².